The van der Waals surface area contributed by atoms with Crippen molar-refractivity contribution in [1.82, 2.24) is 0 Å². The van der Waals surface area contributed by atoms with Crippen molar-refractivity contribution in [2.75, 3.05) is 4.90 Å². The van der Waals surface area contributed by atoms with Gasteiger partial charge in [0.05, 0.1) is 23.4 Å². The van der Waals surface area contributed by atoms with E-state index in [1.165, 1.54) is 11.8 Å². The summed E-state index contributed by atoms with van der Waals surface area (Å²) in [7, 11) is 0. The van der Waals surface area contributed by atoms with Crippen LogP contribution in [-0.2, 0) is 14.4 Å². The molecule has 2 aliphatic carbocycles. The molecule has 5 heteroatoms. The van der Waals surface area contributed by atoms with Gasteiger partial charge >= 0.3 is 0 Å². The van der Waals surface area contributed by atoms with E-state index in [0.717, 1.165) is 11.1 Å². The van der Waals surface area contributed by atoms with Crippen molar-refractivity contribution in [3.8, 4) is 0 Å². The maximum atomic E-state index is 13.5. The zero-order chi connectivity index (χ0) is 21.0. The van der Waals surface area contributed by atoms with Gasteiger partial charge in [0.2, 0.25) is 11.8 Å². The van der Waals surface area contributed by atoms with Crippen molar-refractivity contribution in [3.63, 3.8) is 0 Å². The summed E-state index contributed by atoms with van der Waals surface area (Å²) < 4.78 is 0. The first-order chi connectivity index (χ1) is 14.5. The Labute approximate surface area is 174 Å². The molecule has 1 fully saturated rings. The van der Waals surface area contributed by atoms with E-state index in [2.05, 4.69) is 0 Å². The van der Waals surface area contributed by atoms with E-state index in [1.807, 2.05) is 30.3 Å². The molecule has 30 heavy (non-hydrogen) atoms. The number of hydrogen-bond donors (Lipinski definition) is 0. The molecule has 150 valence electrons. The quantitative estimate of drug-likeness (QED) is 0.735. The second kappa shape index (κ2) is 6.87. The molecule has 0 aromatic heterocycles. The van der Waals surface area contributed by atoms with Gasteiger partial charge in [0.25, 0.3) is 0 Å². The predicted octanol–water partition coefficient (Wildman–Crippen LogP) is 3.69. The summed E-state index contributed by atoms with van der Waals surface area (Å²) >= 11 is 0. The molecule has 1 saturated heterocycles. The van der Waals surface area contributed by atoms with Crippen LogP contribution in [0.1, 0.15) is 35.7 Å². The third kappa shape index (κ3) is 2.61. The number of anilines is 1. The number of ketones is 2. The average Bonchev–Trinajstić information content (AvgIpc) is 3.18. The zero-order valence-corrected chi connectivity index (χ0v) is 16.6. The second-order valence-electron chi connectivity index (χ2n) is 8.31. The van der Waals surface area contributed by atoms with Crippen molar-refractivity contribution in [2.45, 2.75) is 19.8 Å². The highest BCUT2D eigenvalue weighted by atomic mass is 16.2. The zero-order valence-electron chi connectivity index (χ0n) is 16.6. The van der Waals surface area contributed by atoms with Crippen molar-refractivity contribution in [1.29, 1.82) is 0 Å². The molecule has 0 saturated carbocycles. The second-order valence-corrected chi connectivity index (χ2v) is 8.31. The third-order valence-corrected chi connectivity index (χ3v) is 6.58. The molecule has 0 bridgehead atoms. The summed E-state index contributed by atoms with van der Waals surface area (Å²) in [5, 5.41) is 0. The van der Waals surface area contributed by atoms with E-state index >= 15 is 0 Å². The van der Waals surface area contributed by atoms with Gasteiger partial charge < -0.3 is 4.79 Å². The van der Waals surface area contributed by atoms with E-state index in [1.54, 1.807) is 30.3 Å². The van der Waals surface area contributed by atoms with Crippen LogP contribution in [0.2, 0.25) is 0 Å². The molecule has 4 unspecified atom stereocenters. The van der Waals surface area contributed by atoms with Crippen LogP contribution < -0.4 is 4.90 Å². The highest BCUT2D eigenvalue weighted by molar-refractivity contribution is 6.26. The standard InChI is InChI=1S/C25H21NO4/c1-14(27)11-12-15-13-19-17-9-5-6-10-18(17)23(28)21(19)22-20(15)24(29)26(25(22)30)16-7-3-2-4-8-16/h2-10,13,15,20-22H,11-12H2,1H3. The minimum Gasteiger partial charge on any atom is -0.300 e. The Bertz CT molecular complexity index is 1120. The molecule has 0 radical (unpaired) electrons. The van der Waals surface area contributed by atoms with E-state index in [0.29, 0.717) is 24.1 Å². The molecule has 2 aromatic carbocycles. The number of amides is 2. The minimum absolute atomic E-state index is 0.0478. The van der Waals surface area contributed by atoms with Gasteiger partial charge in [0.15, 0.2) is 5.78 Å². The Morgan fingerprint density at radius 2 is 1.50 bits per heavy atom. The smallest absolute Gasteiger partial charge is 0.238 e. The first-order valence-electron chi connectivity index (χ1n) is 10.3. The number of Topliss-reactive ketones (excluding diaryl/α,β-unsaturated/α-hetero) is 2. The van der Waals surface area contributed by atoms with Gasteiger partial charge in [0, 0.05) is 12.0 Å². The summed E-state index contributed by atoms with van der Waals surface area (Å²) in [6.45, 7) is 1.53. The van der Waals surface area contributed by atoms with Crippen molar-refractivity contribution < 1.29 is 19.2 Å². The SMILES string of the molecule is CC(=O)CCC1C=C2c3ccccc3C(=O)C2C2C(=O)N(c3ccccc3)C(=O)C12. The van der Waals surface area contributed by atoms with Gasteiger partial charge in [-0.15, -0.1) is 0 Å². The van der Waals surface area contributed by atoms with E-state index in [4.69, 9.17) is 0 Å². The van der Waals surface area contributed by atoms with Crippen LogP contribution in [0, 0.1) is 23.7 Å². The normalized spacial score (nSPS) is 26.9. The Kier molecular flexibility index (Phi) is 4.28. The first-order valence-corrected chi connectivity index (χ1v) is 10.3. The first kappa shape index (κ1) is 18.7. The van der Waals surface area contributed by atoms with Gasteiger partial charge in [-0.25, -0.2) is 0 Å². The summed E-state index contributed by atoms with van der Waals surface area (Å²) in [6, 6.07) is 16.2. The van der Waals surface area contributed by atoms with E-state index in [-0.39, 0.29) is 29.3 Å². The van der Waals surface area contributed by atoms with Crippen LogP contribution in [0.15, 0.2) is 60.7 Å². The number of fused-ring (bicyclic) bond motifs is 5. The molecule has 3 aliphatic rings. The van der Waals surface area contributed by atoms with Crippen LogP contribution in [0.25, 0.3) is 5.57 Å². The maximum absolute atomic E-state index is 13.5. The molecule has 0 N–H and O–H groups in total. The Morgan fingerprint density at radius 3 is 2.20 bits per heavy atom. The monoisotopic (exact) mass is 399 g/mol. The lowest BCUT2D eigenvalue weighted by Gasteiger charge is -2.32. The van der Waals surface area contributed by atoms with Crippen LogP contribution in [-0.4, -0.2) is 23.4 Å². The van der Waals surface area contributed by atoms with Crippen molar-refractivity contribution >= 4 is 34.6 Å². The Balaban J connectivity index is 1.63. The summed E-state index contributed by atoms with van der Waals surface area (Å²) in [5.74, 6) is -2.87. The summed E-state index contributed by atoms with van der Waals surface area (Å²) in [5.41, 5.74) is 2.81. The number of nitrogens with zero attached hydrogens (tertiary/aromatic N) is 1. The molecular weight excluding hydrogens is 378 g/mol. The number of hydrogen-bond acceptors (Lipinski definition) is 4. The number of rotatable bonds is 4. The topological polar surface area (TPSA) is 71.5 Å². The van der Waals surface area contributed by atoms with Crippen LogP contribution in [0.5, 0.6) is 0 Å². The summed E-state index contributed by atoms with van der Waals surface area (Å²) in [4.78, 5) is 53.1. The molecule has 2 aromatic rings. The van der Waals surface area contributed by atoms with Crippen LogP contribution >= 0.6 is 0 Å². The van der Waals surface area contributed by atoms with Crippen molar-refractivity contribution in [3.05, 3.63) is 71.8 Å². The highest BCUT2D eigenvalue weighted by Crippen LogP contribution is 2.53. The number of carbonyl (C=O) groups is 4. The fraction of sp³-hybridized carbons (Fsp3) is 0.280. The number of para-hydroxylation sites is 1. The molecule has 4 atom stereocenters. The van der Waals surface area contributed by atoms with Crippen LogP contribution in [0.4, 0.5) is 5.69 Å². The number of allylic oxidation sites excluding steroid dienone is 2. The number of carbonyl (C=O) groups excluding carboxylic acids is 4. The third-order valence-electron chi connectivity index (χ3n) is 6.58. The molecule has 1 heterocycles. The molecule has 2 amide bonds. The van der Waals surface area contributed by atoms with Gasteiger partial charge in [-0.05, 0) is 42.5 Å². The predicted molar refractivity (Wildman–Crippen MR) is 112 cm³/mol. The fourth-order valence-corrected chi connectivity index (χ4v) is 5.29. The lowest BCUT2D eigenvalue weighted by molar-refractivity contribution is -0.123. The summed E-state index contributed by atoms with van der Waals surface area (Å²) in [6.07, 6.45) is 2.81. The fourth-order valence-electron chi connectivity index (χ4n) is 5.29. The highest BCUT2D eigenvalue weighted by Gasteiger charge is 2.60. The van der Waals surface area contributed by atoms with Gasteiger partial charge in [-0.2, -0.15) is 0 Å². The van der Waals surface area contributed by atoms with E-state index < -0.39 is 17.8 Å². The largest absolute Gasteiger partial charge is 0.300 e. The van der Waals surface area contributed by atoms with Crippen molar-refractivity contribution in [2.24, 2.45) is 23.7 Å². The Hall–Kier alpha value is -3.34. The van der Waals surface area contributed by atoms with Gasteiger partial charge in [-0.3, -0.25) is 19.3 Å². The van der Waals surface area contributed by atoms with Gasteiger partial charge in [0.1, 0.15) is 5.78 Å². The Morgan fingerprint density at radius 1 is 0.867 bits per heavy atom. The minimum atomic E-state index is -0.727. The van der Waals surface area contributed by atoms with Crippen LogP contribution in [0.3, 0.4) is 0 Å². The number of imide groups is 1. The molecule has 5 rings (SSSR count). The number of benzene rings is 2. The molecule has 0 spiro atoms. The molecular formula is C25H21NO4. The lowest BCUT2D eigenvalue weighted by atomic mass is 9.67. The lowest BCUT2D eigenvalue weighted by Crippen LogP contribution is -2.37. The van der Waals surface area contributed by atoms with E-state index in [9.17, 15) is 19.2 Å². The molecule has 5 nitrogen and oxygen atoms in total. The van der Waals surface area contributed by atoms with Gasteiger partial charge in [-0.1, -0.05) is 48.5 Å². The average molecular weight is 399 g/mol. The molecule has 1 aliphatic heterocycles. The maximum Gasteiger partial charge on any atom is 0.238 e.